The van der Waals surface area contributed by atoms with Crippen LogP contribution in [0.25, 0.3) is 0 Å². The van der Waals surface area contributed by atoms with E-state index in [9.17, 15) is 14.7 Å². The highest BCUT2D eigenvalue weighted by Gasteiger charge is 2.30. The molecular weight excluding hydrogens is 316 g/mol. The molecule has 1 heterocycles. The predicted molar refractivity (Wildman–Crippen MR) is 97.8 cm³/mol. The Morgan fingerprint density at radius 3 is 2.56 bits per heavy atom. The van der Waals surface area contributed by atoms with E-state index in [0.29, 0.717) is 24.2 Å². The molecule has 1 aromatic carbocycles. The van der Waals surface area contributed by atoms with Gasteiger partial charge in [-0.25, -0.2) is 0 Å². The topological polar surface area (TPSA) is 69.6 Å². The van der Waals surface area contributed by atoms with Crippen molar-refractivity contribution in [1.82, 2.24) is 5.32 Å². The Bertz CT molecular complexity index is 648. The number of carbonyl (C=O) groups is 2. The number of hydrogen-bond acceptors (Lipinski definition) is 3. The van der Waals surface area contributed by atoms with Crippen LogP contribution in [0.15, 0.2) is 18.2 Å². The van der Waals surface area contributed by atoms with Crippen molar-refractivity contribution in [3.8, 4) is 0 Å². The van der Waals surface area contributed by atoms with Crippen molar-refractivity contribution >= 4 is 17.5 Å². The third-order valence-corrected chi connectivity index (χ3v) is 5.37. The molecule has 0 radical (unpaired) electrons. The summed E-state index contributed by atoms with van der Waals surface area (Å²) in [6.07, 6.45) is 7.14. The molecule has 1 aromatic rings. The number of hydrogen-bond donors (Lipinski definition) is 2. The van der Waals surface area contributed by atoms with Gasteiger partial charge in [-0.3, -0.25) is 9.59 Å². The lowest BCUT2D eigenvalue weighted by molar-refractivity contribution is -0.117. The van der Waals surface area contributed by atoms with Gasteiger partial charge in [0.15, 0.2) is 0 Å². The largest absolute Gasteiger partial charge is 0.388 e. The molecule has 0 atom stereocenters. The first kappa shape index (κ1) is 17.9. The predicted octanol–water partition coefficient (Wildman–Crippen LogP) is 2.94. The van der Waals surface area contributed by atoms with E-state index in [1.54, 1.807) is 4.90 Å². The van der Waals surface area contributed by atoms with E-state index in [4.69, 9.17) is 0 Å². The van der Waals surface area contributed by atoms with Gasteiger partial charge in [0.25, 0.3) is 5.91 Å². The van der Waals surface area contributed by atoms with Crippen LogP contribution in [0.4, 0.5) is 5.69 Å². The Morgan fingerprint density at radius 1 is 1.20 bits per heavy atom. The van der Waals surface area contributed by atoms with Gasteiger partial charge in [-0.15, -0.1) is 0 Å². The Hall–Kier alpha value is -1.88. The molecule has 2 N–H and O–H groups in total. The third kappa shape index (κ3) is 4.21. The van der Waals surface area contributed by atoms with Gasteiger partial charge in [0.1, 0.15) is 0 Å². The van der Waals surface area contributed by atoms with Crippen LogP contribution in [0.5, 0.6) is 0 Å². The second kappa shape index (κ2) is 7.56. The molecule has 1 saturated carbocycles. The van der Waals surface area contributed by atoms with E-state index in [2.05, 4.69) is 5.32 Å². The average Bonchev–Trinajstić information content (AvgIpc) is 2.89. The lowest BCUT2D eigenvalue weighted by Crippen LogP contribution is -2.43. The van der Waals surface area contributed by atoms with Gasteiger partial charge in [-0.05, 0) is 38.3 Å². The molecule has 2 amide bonds. The zero-order chi connectivity index (χ0) is 17.9. The number of nitrogens with zero attached hydrogens (tertiary/aromatic N) is 1. The van der Waals surface area contributed by atoms with Crippen LogP contribution in [0.2, 0.25) is 0 Å². The fourth-order valence-electron chi connectivity index (χ4n) is 3.87. The molecule has 0 unspecified atom stereocenters. The SMILES string of the molecule is Cc1ccc(N2CCCC2=O)c(C(=O)NCC2(O)CCCCCC2)c1. The molecule has 3 rings (SSSR count). The number of amides is 2. The van der Waals surface area contributed by atoms with Gasteiger partial charge in [-0.1, -0.05) is 37.3 Å². The fourth-order valence-corrected chi connectivity index (χ4v) is 3.87. The van der Waals surface area contributed by atoms with Crippen molar-refractivity contribution in [2.24, 2.45) is 0 Å². The van der Waals surface area contributed by atoms with Gasteiger partial charge in [-0.2, -0.15) is 0 Å². The summed E-state index contributed by atoms with van der Waals surface area (Å²) in [6.45, 7) is 2.87. The molecule has 136 valence electrons. The first-order chi connectivity index (χ1) is 12.0. The standard InChI is InChI=1S/C20H28N2O3/c1-15-8-9-17(22-12-6-7-18(22)23)16(13-15)19(24)21-14-20(25)10-4-2-3-5-11-20/h8-9,13,25H,2-7,10-12,14H2,1H3,(H,21,24). The van der Waals surface area contributed by atoms with Gasteiger partial charge >= 0.3 is 0 Å². The van der Waals surface area contributed by atoms with E-state index >= 15 is 0 Å². The number of carbonyl (C=O) groups excluding carboxylic acids is 2. The quantitative estimate of drug-likeness (QED) is 0.825. The summed E-state index contributed by atoms with van der Waals surface area (Å²) in [7, 11) is 0. The highest BCUT2D eigenvalue weighted by Crippen LogP contribution is 2.28. The van der Waals surface area contributed by atoms with Crippen molar-refractivity contribution in [3.63, 3.8) is 0 Å². The number of nitrogens with one attached hydrogen (secondary N) is 1. The molecule has 0 spiro atoms. The van der Waals surface area contributed by atoms with Crippen LogP contribution in [0, 0.1) is 6.92 Å². The van der Waals surface area contributed by atoms with Crippen molar-refractivity contribution in [2.45, 2.75) is 63.9 Å². The van der Waals surface area contributed by atoms with E-state index in [-0.39, 0.29) is 18.4 Å². The Labute approximate surface area is 149 Å². The molecule has 5 nitrogen and oxygen atoms in total. The molecule has 2 aliphatic rings. The second-order valence-electron chi connectivity index (χ2n) is 7.49. The summed E-state index contributed by atoms with van der Waals surface area (Å²) in [5, 5.41) is 13.7. The van der Waals surface area contributed by atoms with Crippen LogP contribution in [0.1, 0.15) is 67.3 Å². The van der Waals surface area contributed by atoms with Gasteiger partial charge in [0.2, 0.25) is 5.91 Å². The molecule has 1 aliphatic heterocycles. The van der Waals surface area contributed by atoms with Gasteiger partial charge in [0.05, 0.1) is 16.9 Å². The molecular formula is C20H28N2O3. The number of benzene rings is 1. The molecule has 1 saturated heterocycles. The van der Waals surface area contributed by atoms with E-state index in [1.165, 1.54) is 0 Å². The van der Waals surface area contributed by atoms with Crippen LogP contribution in [0.3, 0.4) is 0 Å². The molecule has 2 fully saturated rings. The summed E-state index contributed by atoms with van der Waals surface area (Å²) in [6, 6.07) is 5.61. The van der Waals surface area contributed by atoms with Crippen molar-refractivity contribution in [1.29, 1.82) is 0 Å². The summed E-state index contributed by atoms with van der Waals surface area (Å²) >= 11 is 0. The summed E-state index contributed by atoms with van der Waals surface area (Å²) in [5.41, 5.74) is 1.37. The molecule has 5 heteroatoms. The van der Waals surface area contributed by atoms with E-state index < -0.39 is 5.60 Å². The summed E-state index contributed by atoms with van der Waals surface area (Å²) < 4.78 is 0. The van der Waals surface area contributed by atoms with Crippen LogP contribution < -0.4 is 10.2 Å². The molecule has 25 heavy (non-hydrogen) atoms. The molecule has 1 aliphatic carbocycles. The Balaban J connectivity index is 1.75. The average molecular weight is 344 g/mol. The minimum atomic E-state index is -0.806. The van der Waals surface area contributed by atoms with Crippen LogP contribution >= 0.6 is 0 Å². The third-order valence-electron chi connectivity index (χ3n) is 5.37. The van der Waals surface area contributed by atoms with E-state index in [0.717, 1.165) is 50.5 Å². The molecule has 0 bridgehead atoms. The number of aliphatic hydroxyl groups is 1. The zero-order valence-electron chi connectivity index (χ0n) is 15.0. The smallest absolute Gasteiger partial charge is 0.253 e. The maximum atomic E-state index is 12.8. The first-order valence-electron chi connectivity index (χ1n) is 9.40. The zero-order valence-corrected chi connectivity index (χ0v) is 15.0. The Morgan fingerprint density at radius 2 is 1.92 bits per heavy atom. The molecule has 0 aromatic heterocycles. The highest BCUT2D eigenvalue weighted by atomic mass is 16.3. The Kier molecular flexibility index (Phi) is 5.42. The van der Waals surface area contributed by atoms with Gasteiger partial charge in [0, 0.05) is 19.5 Å². The lowest BCUT2D eigenvalue weighted by Gasteiger charge is -2.27. The van der Waals surface area contributed by atoms with Crippen LogP contribution in [-0.2, 0) is 4.79 Å². The fraction of sp³-hybridized carbons (Fsp3) is 0.600. The summed E-state index contributed by atoms with van der Waals surface area (Å²) in [4.78, 5) is 26.6. The maximum Gasteiger partial charge on any atom is 0.253 e. The summed E-state index contributed by atoms with van der Waals surface area (Å²) in [5.74, 6) is -0.142. The van der Waals surface area contributed by atoms with Crippen LogP contribution in [-0.4, -0.2) is 35.6 Å². The minimum Gasteiger partial charge on any atom is -0.388 e. The first-order valence-corrected chi connectivity index (χ1v) is 9.40. The highest BCUT2D eigenvalue weighted by molar-refractivity contribution is 6.05. The van der Waals surface area contributed by atoms with Gasteiger partial charge < -0.3 is 15.3 Å². The number of rotatable bonds is 4. The normalized spacial score (nSPS) is 20.4. The maximum absolute atomic E-state index is 12.8. The van der Waals surface area contributed by atoms with Crippen molar-refractivity contribution in [2.75, 3.05) is 18.0 Å². The van der Waals surface area contributed by atoms with E-state index in [1.807, 2.05) is 25.1 Å². The van der Waals surface area contributed by atoms with Crippen molar-refractivity contribution in [3.05, 3.63) is 29.3 Å². The monoisotopic (exact) mass is 344 g/mol. The second-order valence-corrected chi connectivity index (χ2v) is 7.49. The van der Waals surface area contributed by atoms with Crippen molar-refractivity contribution < 1.29 is 14.7 Å². The minimum absolute atomic E-state index is 0.0697. The lowest BCUT2D eigenvalue weighted by atomic mass is 9.94. The number of anilines is 1. The number of aryl methyl sites for hydroxylation is 1.